The molecule has 0 unspecified atom stereocenters. The van der Waals surface area contributed by atoms with Crippen molar-refractivity contribution in [3.8, 4) is 5.75 Å². The molecule has 0 bridgehead atoms. The van der Waals surface area contributed by atoms with Crippen LogP contribution in [0.1, 0.15) is 16.7 Å². The number of para-hydroxylation sites is 1. The number of hydrogen-bond donors (Lipinski definition) is 1. The van der Waals surface area contributed by atoms with Crippen molar-refractivity contribution in [2.24, 2.45) is 5.10 Å². The first-order valence-corrected chi connectivity index (χ1v) is 7.92. The SMILES string of the molecule is Cc1ccc(COc2ccc(C=NNc3ccccc3)cc2)cc1. The molecule has 0 spiro atoms. The van der Waals surface area contributed by atoms with Crippen LogP contribution in [0, 0.1) is 6.92 Å². The molecule has 1 N–H and O–H groups in total. The Labute approximate surface area is 142 Å². The van der Waals surface area contributed by atoms with Gasteiger partial charge >= 0.3 is 0 Å². The fraction of sp³-hybridized carbons (Fsp3) is 0.0952. The van der Waals surface area contributed by atoms with Crippen LogP contribution in [0.3, 0.4) is 0 Å². The maximum Gasteiger partial charge on any atom is 0.119 e. The normalized spacial score (nSPS) is 10.7. The quantitative estimate of drug-likeness (QED) is 0.512. The van der Waals surface area contributed by atoms with Gasteiger partial charge in [0.15, 0.2) is 0 Å². The minimum Gasteiger partial charge on any atom is -0.489 e. The number of anilines is 1. The molecule has 0 aliphatic heterocycles. The summed E-state index contributed by atoms with van der Waals surface area (Å²) in [6.45, 7) is 2.65. The topological polar surface area (TPSA) is 33.6 Å². The number of nitrogens with one attached hydrogen (secondary N) is 1. The van der Waals surface area contributed by atoms with E-state index in [0.717, 1.165) is 17.0 Å². The Morgan fingerprint density at radius 2 is 1.58 bits per heavy atom. The Balaban J connectivity index is 1.52. The van der Waals surface area contributed by atoms with Crippen molar-refractivity contribution in [3.63, 3.8) is 0 Å². The first-order valence-electron chi connectivity index (χ1n) is 7.92. The molecule has 0 amide bonds. The summed E-state index contributed by atoms with van der Waals surface area (Å²) < 4.78 is 5.80. The molecule has 0 aliphatic rings. The average molecular weight is 316 g/mol. The Bertz CT molecular complexity index is 778. The largest absolute Gasteiger partial charge is 0.489 e. The van der Waals surface area contributed by atoms with E-state index in [9.17, 15) is 0 Å². The molecule has 3 aromatic carbocycles. The summed E-state index contributed by atoms with van der Waals surface area (Å²) in [6.07, 6.45) is 1.79. The fourth-order valence-electron chi connectivity index (χ4n) is 2.20. The smallest absolute Gasteiger partial charge is 0.119 e. The summed E-state index contributed by atoms with van der Waals surface area (Å²) >= 11 is 0. The van der Waals surface area contributed by atoms with Gasteiger partial charge in [-0.25, -0.2) is 0 Å². The third-order valence-electron chi connectivity index (χ3n) is 3.59. The molecule has 0 atom stereocenters. The van der Waals surface area contributed by atoms with Crippen molar-refractivity contribution in [1.29, 1.82) is 0 Å². The molecule has 3 heteroatoms. The van der Waals surface area contributed by atoms with E-state index >= 15 is 0 Å². The van der Waals surface area contributed by atoms with Crippen molar-refractivity contribution in [1.82, 2.24) is 0 Å². The van der Waals surface area contributed by atoms with Gasteiger partial charge < -0.3 is 4.74 Å². The van der Waals surface area contributed by atoms with Gasteiger partial charge in [-0.2, -0.15) is 5.10 Å². The number of benzene rings is 3. The van der Waals surface area contributed by atoms with Crippen LogP contribution < -0.4 is 10.2 Å². The highest BCUT2D eigenvalue weighted by Crippen LogP contribution is 2.14. The summed E-state index contributed by atoms with van der Waals surface area (Å²) in [4.78, 5) is 0. The molecule has 0 aromatic heterocycles. The summed E-state index contributed by atoms with van der Waals surface area (Å²) in [5, 5.41) is 4.23. The van der Waals surface area contributed by atoms with Crippen LogP contribution in [0.5, 0.6) is 5.75 Å². The van der Waals surface area contributed by atoms with Crippen LogP contribution in [0.4, 0.5) is 5.69 Å². The molecule has 0 saturated heterocycles. The Morgan fingerprint density at radius 3 is 2.29 bits per heavy atom. The van der Waals surface area contributed by atoms with Crippen LogP contribution in [0.25, 0.3) is 0 Å². The Hall–Kier alpha value is -3.07. The molecule has 0 saturated carbocycles. The zero-order valence-corrected chi connectivity index (χ0v) is 13.6. The summed E-state index contributed by atoms with van der Waals surface area (Å²) in [6, 6.07) is 26.1. The van der Waals surface area contributed by atoms with Gasteiger partial charge in [0.25, 0.3) is 0 Å². The maximum atomic E-state index is 5.80. The monoisotopic (exact) mass is 316 g/mol. The molecule has 24 heavy (non-hydrogen) atoms. The van der Waals surface area contributed by atoms with Crippen molar-refractivity contribution >= 4 is 11.9 Å². The standard InChI is InChI=1S/C21H20N2O/c1-17-7-9-19(10-8-17)16-24-21-13-11-18(12-14-21)15-22-23-20-5-3-2-4-6-20/h2-15,23H,16H2,1H3. The number of hydrazone groups is 1. The number of rotatable bonds is 6. The van der Waals surface area contributed by atoms with Gasteiger partial charge in [0.1, 0.15) is 12.4 Å². The van der Waals surface area contributed by atoms with Crippen molar-refractivity contribution < 1.29 is 4.74 Å². The third kappa shape index (κ3) is 4.71. The van der Waals surface area contributed by atoms with E-state index in [0.29, 0.717) is 6.61 Å². The Kier molecular flexibility index (Phi) is 5.25. The van der Waals surface area contributed by atoms with Crippen LogP contribution in [-0.4, -0.2) is 6.21 Å². The van der Waals surface area contributed by atoms with E-state index < -0.39 is 0 Å². The van der Waals surface area contributed by atoms with Gasteiger partial charge in [0, 0.05) is 0 Å². The van der Waals surface area contributed by atoms with E-state index in [1.165, 1.54) is 11.1 Å². The Morgan fingerprint density at radius 1 is 0.875 bits per heavy atom. The van der Waals surface area contributed by atoms with Crippen molar-refractivity contribution in [2.75, 3.05) is 5.43 Å². The van der Waals surface area contributed by atoms with E-state index in [4.69, 9.17) is 4.74 Å². The van der Waals surface area contributed by atoms with Gasteiger partial charge in [-0.05, 0) is 54.4 Å². The first kappa shape index (κ1) is 15.8. The van der Waals surface area contributed by atoms with Gasteiger partial charge in [-0.3, -0.25) is 5.43 Å². The fourth-order valence-corrected chi connectivity index (χ4v) is 2.20. The lowest BCUT2D eigenvalue weighted by atomic mass is 10.2. The van der Waals surface area contributed by atoms with Crippen LogP contribution in [0.15, 0.2) is 84.0 Å². The molecular formula is C21H20N2O. The number of hydrogen-bond acceptors (Lipinski definition) is 3. The molecule has 3 aromatic rings. The zero-order valence-electron chi connectivity index (χ0n) is 13.6. The van der Waals surface area contributed by atoms with Gasteiger partial charge in [0.05, 0.1) is 11.9 Å². The highest BCUT2D eigenvalue weighted by atomic mass is 16.5. The van der Waals surface area contributed by atoms with Gasteiger partial charge in [-0.1, -0.05) is 48.0 Å². The second-order valence-corrected chi connectivity index (χ2v) is 5.58. The third-order valence-corrected chi connectivity index (χ3v) is 3.59. The van der Waals surface area contributed by atoms with Crippen LogP contribution in [0.2, 0.25) is 0 Å². The molecule has 120 valence electrons. The summed E-state index contributed by atoms with van der Waals surface area (Å²) in [7, 11) is 0. The van der Waals surface area contributed by atoms with E-state index in [2.05, 4.69) is 41.7 Å². The lowest BCUT2D eigenvalue weighted by Gasteiger charge is -2.07. The molecule has 0 heterocycles. The maximum absolute atomic E-state index is 5.80. The van der Waals surface area contributed by atoms with Gasteiger partial charge in [-0.15, -0.1) is 0 Å². The zero-order chi connectivity index (χ0) is 16.6. The molecule has 0 fully saturated rings. The summed E-state index contributed by atoms with van der Waals surface area (Å²) in [5.41, 5.74) is 7.40. The van der Waals surface area contributed by atoms with Gasteiger partial charge in [0.2, 0.25) is 0 Å². The average Bonchev–Trinajstić information content (AvgIpc) is 2.63. The number of ether oxygens (including phenoxy) is 1. The van der Waals surface area contributed by atoms with Crippen LogP contribution in [-0.2, 0) is 6.61 Å². The van der Waals surface area contributed by atoms with E-state index in [1.807, 2.05) is 54.6 Å². The highest BCUT2D eigenvalue weighted by molar-refractivity contribution is 5.80. The second kappa shape index (κ2) is 7.97. The predicted octanol–water partition coefficient (Wildman–Crippen LogP) is 5.02. The molecule has 0 aliphatic carbocycles. The van der Waals surface area contributed by atoms with E-state index in [-0.39, 0.29) is 0 Å². The summed E-state index contributed by atoms with van der Waals surface area (Å²) in [5.74, 6) is 0.851. The van der Waals surface area contributed by atoms with Crippen molar-refractivity contribution in [2.45, 2.75) is 13.5 Å². The molecular weight excluding hydrogens is 296 g/mol. The lowest BCUT2D eigenvalue weighted by molar-refractivity contribution is 0.306. The predicted molar refractivity (Wildman–Crippen MR) is 99.6 cm³/mol. The molecule has 3 rings (SSSR count). The molecule has 3 nitrogen and oxygen atoms in total. The second-order valence-electron chi connectivity index (χ2n) is 5.58. The lowest BCUT2D eigenvalue weighted by Crippen LogP contribution is -1.95. The first-order chi connectivity index (χ1) is 11.8. The minimum absolute atomic E-state index is 0.573. The molecule has 0 radical (unpaired) electrons. The van der Waals surface area contributed by atoms with E-state index in [1.54, 1.807) is 6.21 Å². The van der Waals surface area contributed by atoms with Crippen LogP contribution >= 0.6 is 0 Å². The number of nitrogens with zero attached hydrogens (tertiary/aromatic N) is 1. The highest BCUT2D eigenvalue weighted by Gasteiger charge is 1.96. The number of aryl methyl sites for hydroxylation is 1. The minimum atomic E-state index is 0.573. The van der Waals surface area contributed by atoms with Crippen molar-refractivity contribution in [3.05, 3.63) is 95.6 Å².